The van der Waals surface area contributed by atoms with Gasteiger partial charge in [0.1, 0.15) is 6.04 Å². The Morgan fingerprint density at radius 2 is 2.17 bits per heavy atom. The Bertz CT molecular complexity index is 757. The molecule has 0 aromatic rings. The summed E-state index contributed by atoms with van der Waals surface area (Å²) in [6, 6.07) is -0.657. The minimum atomic E-state index is -4.00. The van der Waals surface area contributed by atoms with Crippen LogP contribution >= 0.6 is 0 Å². The van der Waals surface area contributed by atoms with Crippen LogP contribution in [-0.2, 0) is 24.8 Å². The number of nitrogens with two attached hydrogens (primary N) is 1. The second kappa shape index (κ2) is 7.20. The van der Waals surface area contributed by atoms with E-state index in [1.807, 2.05) is 0 Å². The molecule has 11 heteroatoms. The average Bonchev–Trinajstić information content (AvgIpc) is 2.95. The molecule has 2 aliphatic rings. The van der Waals surface area contributed by atoms with Crippen LogP contribution in [0.15, 0.2) is 21.5 Å². The molecule has 2 rings (SSSR count). The van der Waals surface area contributed by atoms with Crippen LogP contribution in [0.4, 0.5) is 0 Å². The summed E-state index contributed by atoms with van der Waals surface area (Å²) in [5.41, 5.74) is 0.272. The third-order valence-corrected chi connectivity index (χ3v) is 7.25. The van der Waals surface area contributed by atoms with E-state index in [4.69, 9.17) is 9.88 Å². The van der Waals surface area contributed by atoms with Gasteiger partial charge in [0, 0.05) is 32.3 Å². The number of sulfonamides is 2. The smallest absolute Gasteiger partial charge is 0.240 e. The standard InChI is InChI=1S/C13H23N3O6S2/c1-3-16(17)12-9-15(5-4-6-22-2)24(20,21)13-8-10(7-11(12)13)23(14,18)19/h7,12,16H,3-6,8-9H2,1-2H3,(H2,14,18,19)/t12-/m0/s1. The molecule has 1 aliphatic heterocycles. The minimum Gasteiger partial charge on any atom is -0.634 e. The number of primary sulfonamides is 1. The molecule has 0 spiro atoms. The number of ether oxygens (including phenoxy) is 1. The van der Waals surface area contributed by atoms with Gasteiger partial charge in [0.25, 0.3) is 0 Å². The second-order valence-corrected chi connectivity index (χ2v) is 9.37. The molecule has 24 heavy (non-hydrogen) atoms. The average molecular weight is 381 g/mol. The molecule has 0 bridgehead atoms. The zero-order chi connectivity index (χ0) is 18.1. The zero-order valence-electron chi connectivity index (χ0n) is 13.7. The van der Waals surface area contributed by atoms with Gasteiger partial charge in [-0.25, -0.2) is 22.0 Å². The highest BCUT2D eigenvalue weighted by Gasteiger charge is 2.44. The molecule has 0 fully saturated rings. The lowest BCUT2D eigenvalue weighted by atomic mass is 10.1. The molecule has 3 N–H and O–H groups in total. The van der Waals surface area contributed by atoms with Gasteiger partial charge >= 0.3 is 0 Å². The maximum atomic E-state index is 12.8. The Kier molecular flexibility index (Phi) is 5.85. The summed E-state index contributed by atoms with van der Waals surface area (Å²) in [5, 5.41) is 17.3. The number of methoxy groups -OCH3 is 1. The third kappa shape index (κ3) is 3.72. The Morgan fingerprint density at radius 1 is 1.50 bits per heavy atom. The van der Waals surface area contributed by atoms with Crippen LogP contribution in [0.25, 0.3) is 0 Å². The fourth-order valence-electron chi connectivity index (χ4n) is 2.96. The monoisotopic (exact) mass is 381 g/mol. The summed E-state index contributed by atoms with van der Waals surface area (Å²) in [6.45, 7) is 2.56. The largest absolute Gasteiger partial charge is 0.634 e. The van der Waals surface area contributed by atoms with Crippen LogP contribution in [0.5, 0.6) is 0 Å². The van der Waals surface area contributed by atoms with Gasteiger partial charge in [0.05, 0.1) is 22.9 Å². The van der Waals surface area contributed by atoms with Gasteiger partial charge in [-0.1, -0.05) is 0 Å². The highest BCUT2D eigenvalue weighted by Crippen LogP contribution is 2.37. The Hall–Kier alpha value is -0.820. The number of hydrogen-bond acceptors (Lipinski definition) is 6. The van der Waals surface area contributed by atoms with Gasteiger partial charge in [0.2, 0.25) is 20.0 Å². The van der Waals surface area contributed by atoms with Crippen molar-refractivity contribution in [2.24, 2.45) is 5.14 Å². The van der Waals surface area contributed by atoms with E-state index >= 15 is 0 Å². The summed E-state index contributed by atoms with van der Waals surface area (Å²) in [7, 11) is -6.29. The molecule has 1 unspecified atom stereocenters. The molecular formula is C13H23N3O6S2. The Morgan fingerprint density at radius 3 is 2.71 bits per heavy atom. The maximum absolute atomic E-state index is 12.8. The lowest BCUT2D eigenvalue weighted by molar-refractivity contribution is -0.866. The van der Waals surface area contributed by atoms with Crippen molar-refractivity contribution in [1.82, 2.24) is 4.31 Å². The van der Waals surface area contributed by atoms with Crippen molar-refractivity contribution < 1.29 is 26.6 Å². The summed E-state index contributed by atoms with van der Waals surface area (Å²) in [6.07, 6.45) is 1.46. The number of nitrogens with one attached hydrogen (secondary N) is 1. The molecule has 0 radical (unpaired) electrons. The summed E-state index contributed by atoms with van der Waals surface area (Å²) >= 11 is 0. The number of quaternary nitrogens is 1. The van der Waals surface area contributed by atoms with E-state index in [0.717, 1.165) is 0 Å². The molecule has 138 valence electrons. The molecule has 9 nitrogen and oxygen atoms in total. The maximum Gasteiger partial charge on any atom is 0.240 e. The minimum absolute atomic E-state index is 0.0198. The van der Waals surface area contributed by atoms with Crippen molar-refractivity contribution in [2.75, 3.05) is 33.4 Å². The fraction of sp³-hybridized carbons (Fsp3) is 0.692. The number of hydroxylamine groups is 2. The number of likely N-dealkylation sites (N-methyl/N-ethyl adjacent to an activating group) is 1. The van der Waals surface area contributed by atoms with Crippen molar-refractivity contribution >= 4 is 20.0 Å². The van der Waals surface area contributed by atoms with Gasteiger partial charge in [0.15, 0.2) is 0 Å². The van der Waals surface area contributed by atoms with Crippen molar-refractivity contribution in [3.63, 3.8) is 0 Å². The Balaban J connectivity index is 2.41. The van der Waals surface area contributed by atoms with E-state index in [0.29, 0.717) is 13.0 Å². The van der Waals surface area contributed by atoms with E-state index in [1.54, 1.807) is 6.92 Å². The first-order chi connectivity index (χ1) is 11.1. The van der Waals surface area contributed by atoms with Crippen LogP contribution in [-0.4, -0.2) is 60.5 Å². The van der Waals surface area contributed by atoms with Crippen molar-refractivity contribution in [1.29, 1.82) is 0 Å². The number of hydrogen-bond donors (Lipinski definition) is 2. The highest BCUT2D eigenvalue weighted by atomic mass is 32.2. The van der Waals surface area contributed by atoms with Crippen LogP contribution in [0, 0.1) is 5.21 Å². The molecule has 0 aromatic heterocycles. The predicted molar refractivity (Wildman–Crippen MR) is 88.5 cm³/mol. The topological polar surface area (TPSA) is 134 Å². The summed E-state index contributed by atoms with van der Waals surface area (Å²) in [5.74, 6) is 0. The molecule has 0 amide bonds. The highest BCUT2D eigenvalue weighted by molar-refractivity contribution is 7.94. The van der Waals surface area contributed by atoms with Gasteiger partial charge in [-0.3, -0.25) is 0 Å². The lowest BCUT2D eigenvalue weighted by Gasteiger charge is -2.38. The fourth-order valence-corrected chi connectivity index (χ4v) is 5.55. The molecule has 0 aromatic carbocycles. The molecular weight excluding hydrogens is 358 g/mol. The van der Waals surface area contributed by atoms with Crippen LogP contribution < -0.4 is 10.2 Å². The van der Waals surface area contributed by atoms with Crippen molar-refractivity contribution in [3.8, 4) is 0 Å². The zero-order valence-corrected chi connectivity index (χ0v) is 15.3. The predicted octanol–water partition coefficient (Wildman–Crippen LogP) is -1.73. The van der Waals surface area contributed by atoms with Crippen LogP contribution in [0.3, 0.4) is 0 Å². The molecule has 1 aliphatic carbocycles. The van der Waals surface area contributed by atoms with Crippen molar-refractivity contribution in [3.05, 3.63) is 26.7 Å². The van der Waals surface area contributed by atoms with Gasteiger partial charge in [-0.15, -0.1) is 0 Å². The van der Waals surface area contributed by atoms with Gasteiger partial charge in [-0.05, 0) is 19.4 Å². The first-order valence-corrected chi connectivity index (χ1v) is 10.6. The number of nitrogens with zero attached hydrogens (tertiary/aromatic N) is 1. The summed E-state index contributed by atoms with van der Waals surface area (Å²) in [4.78, 5) is -0.189. The Labute approximate surface area is 142 Å². The van der Waals surface area contributed by atoms with E-state index in [-0.39, 0.29) is 46.5 Å². The quantitative estimate of drug-likeness (QED) is 0.397. The normalized spacial score (nSPS) is 25.5. The van der Waals surface area contributed by atoms with Gasteiger partial charge < -0.3 is 15.0 Å². The van der Waals surface area contributed by atoms with E-state index in [2.05, 4.69) is 0 Å². The summed E-state index contributed by atoms with van der Waals surface area (Å²) < 4.78 is 54.9. The van der Waals surface area contributed by atoms with E-state index in [9.17, 15) is 22.0 Å². The second-order valence-electron chi connectivity index (χ2n) is 5.79. The molecule has 0 saturated carbocycles. The molecule has 2 atom stereocenters. The SMILES string of the molecule is CC[NH+]([O-])[C@H]1CN(CCCOC)S(=O)(=O)C2=C1C=C(S(N)(=O)=O)C2. The number of rotatable bonds is 7. The van der Waals surface area contributed by atoms with Crippen molar-refractivity contribution in [2.45, 2.75) is 25.8 Å². The first kappa shape index (κ1) is 19.5. The molecule has 1 heterocycles. The number of allylic oxidation sites excluding steroid dienone is 2. The van der Waals surface area contributed by atoms with Crippen LogP contribution in [0.1, 0.15) is 19.8 Å². The molecule has 0 saturated heterocycles. The first-order valence-electron chi connectivity index (χ1n) is 7.61. The third-order valence-electron chi connectivity index (χ3n) is 4.24. The van der Waals surface area contributed by atoms with E-state index in [1.165, 1.54) is 17.5 Å². The lowest BCUT2D eigenvalue weighted by Crippen LogP contribution is -3.12. The van der Waals surface area contributed by atoms with Crippen LogP contribution in [0.2, 0.25) is 0 Å². The van der Waals surface area contributed by atoms with E-state index < -0.39 is 26.1 Å². The van der Waals surface area contributed by atoms with Gasteiger partial charge in [-0.2, -0.15) is 4.31 Å².